The fourth-order valence-corrected chi connectivity index (χ4v) is 10.9. The number of nitrogens with one attached hydrogen (secondary N) is 1. The van der Waals surface area contributed by atoms with Crippen molar-refractivity contribution in [1.82, 2.24) is 5.32 Å². The number of hydrogen-bond acceptors (Lipinski definition) is 8. The number of fused-ring (bicyclic) bond motifs is 5. The third-order valence-corrected chi connectivity index (χ3v) is 13.3. The van der Waals surface area contributed by atoms with Crippen molar-refractivity contribution in [2.45, 2.75) is 125 Å². The van der Waals surface area contributed by atoms with E-state index in [1.807, 2.05) is 0 Å². The van der Waals surface area contributed by atoms with Crippen LogP contribution < -0.4 is 34.9 Å². The van der Waals surface area contributed by atoms with Crippen LogP contribution in [-0.4, -0.2) is 66.3 Å². The van der Waals surface area contributed by atoms with Crippen LogP contribution in [0.15, 0.2) is 11.1 Å². The Kier molecular flexibility index (Phi) is 12.2. The van der Waals surface area contributed by atoms with Crippen molar-refractivity contribution in [2.75, 3.05) is 18.8 Å². The molecule has 0 unspecified atom stereocenters. The summed E-state index contributed by atoms with van der Waals surface area (Å²) in [5.74, 6) is 0.432. The van der Waals surface area contributed by atoms with Crippen LogP contribution in [0.3, 0.4) is 0 Å². The Morgan fingerprint density at radius 3 is 2.40 bits per heavy atom. The quantitative estimate of drug-likeness (QED) is 0.109. The van der Waals surface area contributed by atoms with Crippen molar-refractivity contribution in [3.05, 3.63) is 11.1 Å². The molecule has 8 nitrogen and oxygen atoms in total. The summed E-state index contributed by atoms with van der Waals surface area (Å²) in [5.41, 5.74) is 1.76. The van der Waals surface area contributed by atoms with Gasteiger partial charge in [0.05, 0.1) is 28.1 Å². The maximum atomic E-state index is 12.4. The molecule has 4 rings (SSSR count). The van der Waals surface area contributed by atoms with Crippen LogP contribution in [0.4, 0.5) is 0 Å². The summed E-state index contributed by atoms with van der Waals surface area (Å²) < 4.78 is 39.8. The van der Waals surface area contributed by atoms with E-state index >= 15 is 0 Å². The second kappa shape index (κ2) is 14.0. The molecule has 10 heteroatoms. The van der Waals surface area contributed by atoms with E-state index in [9.17, 15) is 28.0 Å². The molecule has 4 aliphatic carbocycles. The monoisotopic (exact) mass is 633 g/mol. The van der Waals surface area contributed by atoms with Crippen molar-refractivity contribution >= 4 is 16.1 Å². The van der Waals surface area contributed by atoms with Gasteiger partial charge in [0.1, 0.15) is 6.10 Å². The molecule has 4 aliphatic rings. The summed E-state index contributed by atoms with van der Waals surface area (Å²) in [4.78, 5) is 12.4. The fraction of sp³-hybridized carbons (Fsp3) is 0.909. The molecule has 0 radical (unpaired) electrons. The standard InChI is InChI=1S/C33H57NO7S.Na/c1-20(2)9-8-10-23(19-34-15-16-42(38,39)40)29-25-17-27(37)30-31(5)13-12-26(36)21(3)24(31)11-14-32(30,6)33(25,7)18-28(29)41-22(4)35;/h20-21,24-28,30,34,36-37H,8-19H2,1-7H3,(H,38,39,40);/q;+1/p-1/b29-23+;/t21-,24-,25-,26+,27+,28-,30-,31-,32-,33-;/m0./s1. The van der Waals surface area contributed by atoms with Crippen LogP contribution in [0.1, 0.15) is 106 Å². The van der Waals surface area contributed by atoms with Crippen LogP contribution in [0.25, 0.3) is 0 Å². The maximum absolute atomic E-state index is 12.4. The van der Waals surface area contributed by atoms with Gasteiger partial charge in [-0.1, -0.05) is 53.5 Å². The summed E-state index contributed by atoms with van der Waals surface area (Å²) >= 11 is 0. The van der Waals surface area contributed by atoms with E-state index in [0.717, 1.165) is 56.1 Å². The van der Waals surface area contributed by atoms with E-state index in [4.69, 9.17) is 4.74 Å². The Balaban J connectivity index is 0.00000506. The minimum Gasteiger partial charge on any atom is -0.748 e. The summed E-state index contributed by atoms with van der Waals surface area (Å²) in [6.07, 6.45) is 6.55. The van der Waals surface area contributed by atoms with Gasteiger partial charge in [-0.05, 0) is 103 Å². The SMILES string of the molecule is CC(=O)O[C@H]1C[C@@]2(C)[C@@H](C[C@@H](O)[C@H]3[C@@]4(C)CC[C@@H](O)[C@@H](C)[C@@H]4CC[C@@]32C)/C1=C(/CCCC(C)C)CNCCS(=O)(=O)[O-].[Na+]. The first-order valence-corrected chi connectivity index (χ1v) is 17.9. The van der Waals surface area contributed by atoms with Crippen molar-refractivity contribution in [2.24, 2.45) is 45.8 Å². The predicted octanol–water partition coefficient (Wildman–Crippen LogP) is 1.80. The zero-order valence-electron chi connectivity index (χ0n) is 27.9. The number of esters is 1. The zero-order valence-corrected chi connectivity index (χ0v) is 30.8. The molecule has 10 atom stereocenters. The molecule has 0 saturated heterocycles. The molecule has 0 aromatic rings. The molecular formula is C33H56NNaO7S. The van der Waals surface area contributed by atoms with Gasteiger partial charge in [0, 0.05) is 20.0 Å². The smallest absolute Gasteiger partial charge is 0.748 e. The van der Waals surface area contributed by atoms with Crippen LogP contribution in [0.5, 0.6) is 0 Å². The van der Waals surface area contributed by atoms with Crippen molar-refractivity contribution in [3.8, 4) is 0 Å². The molecule has 0 amide bonds. The van der Waals surface area contributed by atoms with Gasteiger partial charge in [-0.3, -0.25) is 4.79 Å². The Bertz CT molecular complexity index is 1140. The van der Waals surface area contributed by atoms with Gasteiger partial charge in [0.15, 0.2) is 0 Å². The largest absolute Gasteiger partial charge is 1.00 e. The molecule has 0 heterocycles. The van der Waals surface area contributed by atoms with E-state index in [1.165, 1.54) is 6.92 Å². The van der Waals surface area contributed by atoms with Gasteiger partial charge in [0.25, 0.3) is 0 Å². The van der Waals surface area contributed by atoms with E-state index in [1.54, 1.807) is 0 Å². The summed E-state index contributed by atoms with van der Waals surface area (Å²) in [7, 11) is -4.32. The molecular weight excluding hydrogens is 577 g/mol. The molecule has 0 bridgehead atoms. The van der Waals surface area contributed by atoms with Crippen LogP contribution in [-0.2, 0) is 19.6 Å². The van der Waals surface area contributed by atoms with Crippen LogP contribution in [0, 0.1) is 45.8 Å². The molecule has 43 heavy (non-hydrogen) atoms. The van der Waals surface area contributed by atoms with Crippen molar-refractivity contribution < 1.29 is 62.3 Å². The molecule has 3 N–H and O–H groups in total. The first-order chi connectivity index (χ1) is 19.4. The van der Waals surface area contributed by atoms with E-state index < -0.39 is 28.1 Å². The average Bonchev–Trinajstić information content (AvgIpc) is 3.14. The van der Waals surface area contributed by atoms with Crippen molar-refractivity contribution in [1.29, 1.82) is 0 Å². The Labute approximate surface area is 282 Å². The Morgan fingerprint density at radius 2 is 1.79 bits per heavy atom. The minimum absolute atomic E-state index is 0. The number of carbonyl (C=O) groups excluding carboxylic acids is 1. The second-order valence-corrected chi connectivity index (χ2v) is 16.9. The molecule has 0 aromatic carbocycles. The van der Waals surface area contributed by atoms with Gasteiger partial charge in [-0.25, -0.2) is 8.42 Å². The molecule has 0 aromatic heterocycles. The van der Waals surface area contributed by atoms with Gasteiger partial charge in [-0.15, -0.1) is 0 Å². The third-order valence-electron chi connectivity index (χ3n) is 12.6. The minimum atomic E-state index is -4.32. The zero-order chi connectivity index (χ0) is 31.3. The number of aliphatic hydroxyl groups is 2. The number of ether oxygens (including phenoxy) is 1. The summed E-state index contributed by atoms with van der Waals surface area (Å²) in [6.45, 7) is 15.6. The Hall–Kier alpha value is -0.000000000000000222. The second-order valence-electron chi connectivity index (χ2n) is 15.4. The summed E-state index contributed by atoms with van der Waals surface area (Å²) in [5, 5.41) is 26.0. The number of carbonyl (C=O) groups is 1. The maximum Gasteiger partial charge on any atom is 1.00 e. The Morgan fingerprint density at radius 1 is 1.12 bits per heavy atom. The molecule has 4 saturated carbocycles. The summed E-state index contributed by atoms with van der Waals surface area (Å²) in [6, 6.07) is 0. The number of aliphatic hydroxyl groups excluding tert-OH is 2. The van der Waals surface area contributed by atoms with Crippen LogP contribution in [0.2, 0.25) is 0 Å². The molecule has 0 spiro atoms. The van der Waals surface area contributed by atoms with Gasteiger partial charge >= 0.3 is 35.5 Å². The van der Waals surface area contributed by atoms with Crippen molar-refractivity contribution in [3.63, 3.8) is 0 Å². The first kappa shape index (κ1) is 37.5. The van der Waals surface area contributed by atoms with E-state index in [0.29, 0.717) is 31.2 Å². The predicted molar refractivity (Wildman–Crippen MR) is 162 cm³/mol. The van der Waals surface area contributed by atoms with Gasteiger partial charge < -0.3 is 24.8 Å². The third kappa shape index (κ3) is 7.29. The molecule has 4 fully saturated rings. The molecule has 242 valence electrons. The first-order valence-electron chi connectivity index (χ1n) is 16.3. The topological polar surface area (TPSA) is 136 Å². The van der Waals surface area contributed by atoms with E-state index in [2.05, 4.69) is 46.9 Å². The average molecular weight is 634 g/mol. The number of rotatable bonds is 10. The van der Waals surface area contributed by atoms with Gasteiger partial charge in [-0.2, -0.15) is 0 Å². The van der Waals surface area contributed by atoms with Gasteiger partial charge in [0.2, 0.25) is 0 Å². The van der Waals surface area contributed by atoms with Crippen LogP contribution >= 0.6 is 0 Å². The van der Waals surface area contributed by atoms with E-state index in [-0.39, 0.29) is 82.2 Å². The number of hydrogen-bond donors (Lipinski definition) is 3. The fourth-order valence-electron chi connectivity index (χ4n) is 10.5. The molecule has 0 aliphatic heterocycles. The normalized spacial score (nSPS) is 42.0.